The molecule has 116 valence electrons. The first-order valence-corrected chi connectivity index (χ1v) is 7.62. The van der Waals surface area contributed by atoms with E-state index in [9.17, 15) is 4.79 Å². The van der Waals surface area contributed by atoms with Crippen molar-refractivity contribution >= 4 is 16.9 Å². The summed E-state index contributed by atoms with van der Waals surface area (Å²) in [6.45, 7) is 6.42. The molecule has 1 aromatic heterocycles. The number of rotatable bonds is 5. The second kappa shape index (κ2) is 6.48. The van der Waals surface area contributed by atoms with Gasteiger partial charge < -0.3 is 9.88 Å². The highest BCUT2D eigenvalue weighted by atomic mass is 16.1. The SMILES string of the molecule is C=CCn1c([C@@H](C)NC(=O)c2ccccc2)nc2ccccc21. The summed E-state index contributed by atoms with van der Waals surface area (Å²) in [5, 5.41) is 3.02. The molecular weight excluding hydrogens is 286 g/mol. The summed E-state index contributed by atoms with van der Waals surface area (Å²) in [5.41, 5.74) is 2.61. The first-order valence-electron chi connectivity index (χ1n) is 7.62. The second-order valence-corrected chi connectivity index (χ2v) is 5.42. The van der Waals surface area contributed by atoms with E-state index in [1.165, 1.54) is 0 Å². The van der Waals surface area contributed by atoms with Crippen molar-refractivity contribution in [2.45, 2.75) is 19.5 Å². The third-order valence-corrected chi connectivity index (χ3v) is 3.77. The van der Waals surface area contributed by atoms with Crippen LogP contribution in [-0.4, -0.2) is 15.5 Å². The van der Waals surface area contributed by atoms with E-state index >= 15 is 0 Å². The molecule has 0 spiro atoms. The van der Waals surface area contributed by atoms with E-state index in [-0.39, 0.29) is 11.9 Å². The lowest BCUT2D eigenvalue weighted by molar-refractivity contribution is 0.0938. The monoisotopic (exact) mass is 305 g/mol. The molecule has 23 heavy (non-hydrogen) atoms. The topological polar surface area (TPSA) is 46.9 Å². The van der Waals surface area contributed by atoms with Gasteiger partial charge in [0.1, 0.15) is 5.82 Å². The van der Waals surface area contributed by atoms with Crippen molar-refractivity contribution in [2.75, 3.05) is 0 Å². The first-order chi connectivity index (χ1) is 11.2. The number of para-hydroxylation sites is 2. The van der Waals surface area contributed by atoms with Gasteiger partial charge in [0.05, 0.1) is 17.1 Å². The summed E-state index contributed by atoms with van der Waals surface area (Å²) < 4.78 is 2.08. The number of allylic oxidation sites excluding steroid dienone is 1. The molecule has 0 bridgehead atoms. The molecule has 1 N–H and O–H groups in total. The maximum atomic E-state index is 12.3. The Kier molecular flexibility index (Phi) is 4.24. The van der Waals surface area contributed by atoms with Crippen LogP contribution in [0.3, 0.4) is 0 Å². The maximum Gasteiger partial charge on any atom is 0.251 e. The van der Waals surface area contributed by atoms with Crippen LogP contribution in [-0.2, 0) is 6.54 Å². The lowest BCUT2D eigenvalue weighted by atomic mass is 10.2. The van der Waals surface area contributed by atoms with Crippen molar-refractivity contribution in [2.24, 2.45) is 0 Å². The van der Waals surface area contributed by atoms with Crippen LogP contribution in [0.5, 0.6) is 0 Å². The minimum atomic E-state index is -0.199. The van der Waals surface area contributed by atoms with Gasteiger partial charge in [-0.3, -0.25) is 4.79 Å². The fraction of sp³-hybridized carbons (Fsp3) is 0.158. The van der Waals surface area contributed by atoms with Crippen molar-refractivity contribution in [3.8, 4) is 0 Å². The number of fused-ring (bicyclic) bond motifs is 1. The molecule has 0 aliphatic heterocycles. The Morgan fingerprint density at radius 2 is 1.91 bits per heavy atom. The van der Waals surface area contributed by atoms with Crippen LogP contribution in [0.25, 0.3) is 11.0 Å². The lowest BCUT2D eigenvalue weighted by Crippen LogP contribution is -2.28. The normalized spacial score (nSPS) is 12.0. The van der Waals surface area contributed by atoms with Gasteiger partial charge >= 0.3 is 0 Å². The highest BCUT2D eigenvalue weighted by Crippen LogP contribution is 2.21. The van der Waals surface area contributed by atoms with Gasteiger partial charge in [0.15, 0.2) is 0 Å². The van der Waals surface area contributed by atoms with E-state index in [0.717, 1.165) is 16.9 Å². The number of carbonyl (C=O) groups is 1. The summed E-state index contributed by atoms with van der Waals surface area (Å²) in [6, 6.07) is 17.0. The van der Waals surface area contributed by atoms with Crippen molar-refractivity contribution in [3.05, 3.63) is 78.6 Å². The molecule has 0 saturated heterocycles. The van der Waals surface area contributed by atoms with E-state index in [1.807, 2.05) is 55.5 Å². The molecule has 2 aromatic carbocycles. The van der Waals surface area contributed by atoms with Crippen molar-refractivity contribution < 1.29 is 4.79 Å². The maximum absolute atomic E-state index is 12.3. The summed E-state index contributed by atoms with van der Waals surface area (Å²) in [6.07, 6.45) is 1.84. The lowest BCUT2D eigenvalue weighted by Gasteiger charge is -2.15. The average Bonchev–Trinajstić information content (AvgIpc) is 2.95. The zero-order valence-electron chi connectivity index (χ0n) is 13.1. The van der Waals surface area contributed by atoms with Gasteiger partial charge in [0.2, 0.25) is 0 Å². The van der Waals surface area contributed by atoms with Crippen LogP contribution in [0.4, 0.5) is 0 Å². The Morgan fingerprint density at radius 3 is 2.65 bits per heavy atom. The van der Waals surface area contributed by atoms with E-state index in [0.29, 0.717) is 12.1 Å². The number of hydrogen-bond donors (Lipinski definition) is 1. The van der Waals surface area contributed by atoms with Crippen LogP contribution in [0.2, 0.25) is 0 Å². The molecule has 0 radical (unpaired) electrons. The summed E-state index contributed by atoms with van der Waals surface area (Å²) >= 11 is 0. The summed E-state index contributed by atoms with van der Waals surface area (Å²) in [5.74, 6) is 0.727. The molecule has 3 aromatic rings. The van der Waals surface area contributed by atoms with E-state index in [1.54, 1.807) is 12.1 Å². The van der Waals surface area contributed by atoms with Gasteiger partial charge in [-0.1, -0.05) is 36.4 Å². The van der Waals surface area contributed by atoms with Crippen molar-refractivity contribution in [3.63, 3.8) is 0 Å². The van der Waals surface area contributed by atoms with E-state index in [2.05, 4.69) is 21.4 Å². The zero-order valence-corrected chi connectivity index (χ0v) is 13.1. The highest BCUT2D eigenvalue weighted by molar-refractivity contribution is 5.94. The number of hydrogen-bond acceptors (Lipinski definition) is 2. The molecule has 0 saturated carbocycles. The van der Waals surface area contributed by atoms with Gasteiger partial charge in [-0.25, -0.2) is 4.98 Å². The van der Waals surface area contributed by atoms with Crippen LogP contribution in [0.15, 0.2) is 67.3 Å². The number of benzene rings is 2. The molecule has 4 nitrogen and oxygen atoms in total. The molecule has 3 rings (SSSR count). The van der Waals surface area contributed by atoms with Crippen molar-refractivity contribution in [1.29, 1.82) is 0 Å². The van der Waals surface area contributed by atoms with Crippen LogP contribution < -0.4 is 5.32 Å². The Balaban J connectivity index is 1.91. The number of nitrogens with zero attached hydrogens (tertiary/aromatic N) is 2. The van der Waals surface area contributed by atoms with Crippen molar-refractivity contribution in [1.82, 2.24) is 14.9 Å². The molecule has 4 heteroatoms. The summed E-state index contributed by atoms with van der Waals surface area (Å²) in [4.78, 5) is 17.0. The van der Waals surface area contributed by atoms with E-state index in [4.69, 9.17) is 0 Å². The van der Waals surface area contributed by atoms with Gasteiger partial charge in [0.25, 0.3) is 5.91 Å². The standard InChI is InChI=1S/C19H19N3O/c1-3-13-22-17-12-8-7-11-16(17)21-18(22)14(2)20-19(23)15-9-5-4-6-10-15/h3-12,14H,1,13H2,2H3,(H,20,23)/t14-/m1/s1. The minimum absolute atomic E-state index is 0.102. The third kappa shape index (κ3) is 3.01. The van der Waals surface area contributed by atoms with Gasteiger partial charge in [-0.15, -0.1) is 6.58 Å². The van der Waals surface area contributed by atoms with E-state index < -0.39 is 0 Å². The first kappa shape index (κ1) is 15.0. The van der Waals surface area contributed by atoms with Gasteiger partial charge in [-0.05, 0) is 31.2 Å². The van der Waals surface area contributed by atoms with Gasteiger partial charge in [-0.2, -0.15) is 0 Å². The fourth-order valence-corrected chi connectivity index (χ4v) is 2.68. The largest absolute Gasteiger partial charge is 0.342 e. The molecular formula is C19H19N3O. The number of nitrogens with one attached hydrogen (secondary N) is 1. The van der Waals surface area contributed by atoms with Crippen LogP contribution in [0.1, 0.15) is 29.1 Å². The second-order valence-electron chi connectivity index (χ2n) is 5.42. The molecule has 1 atom stereocenters. The Morgan fingerprint density at radius 1 is 1.22 bits per heavy atom. The quantitative estimate of drug-likeness (QED) is 0.730. The predicted molar refractivity (Wildman–Crippen MR) is 92.3 cm³/mol. The number of amides is 1. The average molecular weight is 305 g/mol. The smallest absolute Gasteiger partial charge is 0.251 e. The Bertz CT molecular complexity index is 836. The molecule has 1 amide bonds. The van der Waals surface area contributed by atoms with Gasteiger partial charge in [0, 0.05) is 12.1 Å². The third-order valence-electron chi connectivity index (χ3n) is 3.77. The minimum Gasteiger partial charge on any atom is -0.342 e. The number of aromatic nitrogens is 2. The molecule has 0 unspecified atom stereocenters. The number of imidazole rings is 1. The Labute approximate surface area is 135 Å². The zero-order chi connectivity index (χ0) is 16.2. The molecule has 0 aliphatic rings. The predicted octanol–water partition coefficient (Wildman–Crippen LogP) is 3.71. The molecule has 0 aliphatic carbocycles. The fourth-order valence-electron chi connectivity index (χ4n) is 2.68. The molecule has 0 fully saturated rings. The number of carbonyl (C=O) groups excluding carboxylic acids is 1. The van der Waals surface area contributed by atoms with Crippen LogP contribution in [0, 0.1) is 0 Å². The Hall–Kier alpha value is -2.88. The molecule has 1 heterocycles. The summed E-state index contributed by atoms with van der Waals surface area (Å²) in [7, 11) is 0. The highest BCUT2D eigenvalue weighted by Gasteiger charge is 2.18. The van der Waals surface area contributed by atoms with Crippen LogP contribution >= 0.6 is 0 Å².